The van der Waals surface area contributed by atoms with E-state index >= 15 is 0 Å². The molecule has 0 radical (unpaired) electrons. The van der Waals surface area contributed by atoms with Gasteiger partial charge in [0.15, 0.2) is 0 Å². The molecule has 136 valence electrons. The Kier molecular flexibility index (Phi) is 3.71. The van der Waals surface area contributed by atoms with Crippen LogP contribution in [0.15, 0.2) is 57.9 Å². The molecule has 0 aliphatic heterocycles. The van der Waals surface area contributed by atoms with Crippen LogP contribution in [0.2, 0.25) is 0 Å². The fraction of sp³-hybridized carbons (Fsp3) is 0. The van der Waals surface area contributed by atoms with Crippen LogP contribution in [0.25, 0.3) is 51.8 Å². The molecule has 0 N–H and O–H groups in total. The van der Waals surface area contributed by atoms with E-state index in [-0.39, 0.29) is 11.6 Å². The van der Waals surface area contributed by atoms with E-state index in [9.17, 15) is 8.78 Å². The lowest BCUT2D eigenvalue weighted by Gasteiger charge is -2.10. The van der Waals surface area contributed by atoms with E-state index in [1.807, 2.05) is 0 Å². The number of rotatable bonds is 2. The van der Waals surface area contributed by atoms with Crippen molar-refractivity contribution in [3.05, 3.63) is 69.6 Å². The molecule has 2 aromatic carbocycles. The van der Waals surface area contributed by atoms with Crippen LogP contribution in [0.4, 0.5) is 8.78 Å². The van der Waals surface area contributed by atoms with Crippen LogP contribution in [0.1, 0.15) is 0 Å². The molecule has 0 saturated carbocycles. The number of thiophene rings is 4. The fourth-order valence-electron chi connectivity index (χ4n) is 3.76. The normalized spacial score (nSPS) is 11.9. The first kappa shape index (κ1) is 16.8. The molecule has 0 fully saturated rings. The molecule has 0 amide bonds. The maximum absolute atomic E-state index is 13.7. The van der Waals surface area contributed by atoms with Gasteiger partial charge >= 0.3 is 0 Å². The average molecular weight is 441 g/mol. The van der Waals surface area contributed by atoms with E-state index in [1.54, 1.807) is 45.6 Å². The zero-order chi connectivity index (χ0) is 18.8. The van der Waals surface area contributed by atoms with Crippen LogP contribution >= 0.6 is 45.3 Å². The number of hydrogen-bond acceptors (Lipinski definition) is 4. The third kappa shape index (κ3) is 2.42. The molecule has 0 bridgehead atoms. The second-order valence-electron chi connectivity index (χ2n) is 6.53. The van der Waals surface area contributed by atoms with Crippen LogP contribution in [-0.4, -0.2) is 0 Å². The monoisotopic (exact) mass is 440 g/mol. The predicted octanol–water partition coefficient (Wildman–Crippen LogP) is 9.00. The van der Waals surface area contributed by atoms with Gasteiger partial charge in [0, 0.05) is 51.8 Å². The Labute approximate surface area is 174 Å². The van der Waals surface area contributed by atoms with Gasteiger partial charge in [-0.15, -0.1) is 45.3 Å². The third-order valence-electron chi connectivity index (χ3n) is 4.93. The lowest BCUT2D eigenvalue weighted by Crippen LogP contribution is -1.83. The van der Waals surface area contributed by atoms with Gasteiger partial charge in [0.2, 0.25) is 0 Å². The summed E-state index contributed by atoms with van der Waals surface area (Å²) in [6.45, 7) is 0. The first-order valence-corrected chi connectivity index (χ1v) is 12.0. The van der Waals surface area contributed by atoms with Crippen LogP contribution in [0.3, 0.4) is 0 Å². The molecule has 6 rings (SSSR count). The Morgan fingerprint density at radius 3 is 1.39 bits per heavy atom. The van der Waals surface area contributed by atoms with Crippen molar-refractivity contribution in [2.75, 3.05) is 0 Å². The van der Waals surface area contributed by atoms with Crippen LogP contribution in [0.5, 0.6) is 0 Å². The number of benzene rings is 2. The van der Waals surface area contributed by atoms with E-state index in [0.717, 1.165) is 51.8 Å². The van der Waals surface area contributed by atoms with E-state index in [0.29, 0.717) is 0 Å². The Balaban J connectivity index is 1.77. The van der Waals surface area contributed by atoms with Crippen molar-refractivity contribution < 1.29 is 8.78 Å². The smallest absolute Gasteiger partial charge is 0.134 e. The summed E-state index contributed by atoms with van der Waals surface area (Å²) in [4.78, 5) is 1.89. The third-order valence-corrected chi connectivity index (χ3v) is 8.70. The molecular weight excluding hydrogens is 431 g/mol. The van der Waals surface area contributed by atoms with E-state index in [1.165, 1.54) is 22.7 Å². The zero-order valence-electron chi connectivity index (χ0n) is 14.2. The fourth-order valence-corrected chi connectivity index (χ4v) is 7.32. The molecule has 0 nitrogen and oxygen atoms in total. The lowest BCUT2D eigenvalue weighted by atomic mass is 9.97. The highest BCUT2D eigenvalue weighted by Gasteiger charge is 2.17. The van der Waals surface area contributed by atoms with Crippen molar-refractivity contribution >= 4 is 76.3 Å². The van der Waals surface area contributed by atoms with Gasteiger partial charge in [0.1, 0.15) is 11.6 Å². The van der Waals surface area contributed by atoms with Gasteiger partial charge in [-0.25, -0.2) is 8.78 Å². The van der Waals surface area contributed by atoms with E-state index in [4.69, 9.17) is 0 Å². The van der Waals surface area contributed by atoms with Gasteiger partial charge < -0.3 is 0 Å². The highest BCUT2D eigenvalue weighted by atomic mass is 32.1. The molecule has 0 spiro atoms. The summed E-state index contributed by atoms with van der Waals surface area (Å²) >= 11 is 6.22. The Morgan fingerprint density at radius 1 is 0.536 bits per heavy atom. The van der Waals surface area contributed by atoms with Crippen molar-refractivity contribution in [3.63, 3.8) is 0 Å². The van der Waals surface area contributed by atoms with Crippen LogP contribution in [0, 0.1) is 11.6 Å². The van der Waals surface area contributed by atoms with Crippen molar-refractivity contribution in [2.45, 2.75) is 0 Å². The molecule has 0 unspecified atom stereocenters. The summed E-state index contributed by atoms with van der Waals surface area (Å²) in [5, 5.41) is 11.9. The Hall–Kier alpha value is -2.12. The molecule has 0 saturated heterocycles. The molecule has 4 aromatic heterocycles. The molecular formula is C22H10F2S4. The van der Waals surface area contributed by atoms with Crippen molar-refractivity contribution in [2.24, 2.45) is 0 Å². The summed E-state index contributed by atoms with van der Waals surface area (Å²) in [5.41, 5.74) is 2.16. The average Bonchev–Trinajstić information content (AvgIpc) is 3.47. The summed E-state index contributed by atoms with van der Waals surface area (Å²) in [6.07, 6.45) is 0. The van der Waals surface area contributed by atoms with E-state index < -0.39 is 0 Å². The zero-order valence-corrected chi connectivity index (χ0v) is 17.4. The highest BCUT2D eigenvalue weighted by molar-refractivity contribution is 7.20. The quantitative estimate of drug-likeness (QED) is 0.252. The minimum absolute atomic E-state index is 0.194. The van der Waals surface area contributed by atoms with Crippen molar-refractivity contribution in [1.29, 1.82) is 0 Å². The molecule has 4 heterocycles. The maximum atomic E-state index is 13.7. The molecule has 6 aromatic rings. The predicted molar refractivity (Wildman–Crippen MR) is 121 cm³/mol. The molecule has 0 atom stereocenters. The minimum Gasteiger partial charge on any atom is -0.206 e. The van der Waals surface area contributed by atoms with Gasteiger partial charge in [-0.1, -0.05) is 0 Å². The topological polar surface area (TPSA) is 0 Å². The summed E-state index contributed by atoms with van der Waals surface area (Å²) in [6, 6.07) is 11.9. The van der Waals surface area contributed by atoms with Crippen molar-refractivity contribution in [1.82, 2.24) is 0 Å². The Morgan fingerprint density at radius 2 is 1.00 bits per heavy atom. The number of halogens is 2. The first-order chi connectivity index (χ1) is 13.7. The molecule has 6 heteroatoms. The standard InChI is InChI=1S/C22H10F2S4/c23-11-5-19(27-9-11)17-8-16-14-2-4-26-22(14)18(20-6-12(24)10-28-20)7-15(16)13-1-3-25-21(13)17/h1-10H. The highest BCUT2D eigenvalue weighted by Crippen LogP contribution is 2.46. The second kappa shape index (κ2) is 6.19. The van der Waals surface area contributed by atoms with Gasteiger partial charge in [-0.3, -0.25) is 0 Å². The lowest BCUT2D eigenvalue weighted by molar-refractivity contribution is 0.633. The van der Waals surface area contributed by atoms with Crippen LogP contribution in [-0.2, 0) is 0 Å². The largest absolute Gasteiger partial charge is 0.206 e. The van der Waals surface area contributed by atoms with Gasteiger partial charge in [0.05, 0.1) is 0 Å². The Bertz CT molecular complexity index is 1380. The SMILES string of the molecule is Fc1csc(-c2cc3c4ccsc4c(-c4cc(F)cs4)cc3c3ccsc23)c1. The summed E-state index contributed by atoms with van der Waals surface area (Å²) < 4.78 is 29.7. The minimum atomic E-state index is -0.194. The number of hydrogen-bond donors (Lipinski definition) is 0. The summed E-state index contributed by atoms with van der Waals surface area (Å²) in [5.74, 6) is -0.388. The maximum Gasteiger partial charge on any atom is 0.134 e. The molecule has 0 aliphatic rings. The van der Waals surface area contributed by atoms with Crippen LogP contribution < -0.4 is 0 Å². The second-order valence-corrected chi connectivity index (χ2v) is 10.2. The van der Waals surface area contributed by atoms with Gasteiger partial charge in [0.25, 0.3) is 0 Å². The number of fused-ring (bicyclic) bond motifs is 5. The summed E-state index contributed by atoms with van der Waals surface area (Å²) in [7, 11) is 0. The van der Waals surface area contributed by atoms with Crippen molar-refractivity contribution in [3.8, 4) is 20.9 Å². The van der Waals surface area contributed by atoms with E-state index in [2.05, 4.69) is 35.0 Å². The first-order valence-electron chi connectivity index (χ1n) is 8.52. The molecule has 0 aliphatic carbocycles. The van der Waals surface area contributed by atoms with Gasteiger partial charge in [-0.05, 0) is 57.9 Å². The van der Waals surface area contributed by atoms with Gasteiger partial charge in [-0.2, -0.15) is 0 Å². The molecule has 28 heavy (non-hydrogen) atoms.